The van der Waals surface area contributed by atoms with E-state index in [2.05, 4.69) is 41.0 Å². The highest BCUT2D eigenvalue weighted by atomic mass is 16.3. The average Bonchev–Trinajstić information content (AvgIpc) is 3.21. The van der Waals surface area contributed by atoms with Crippen molar-refractivity contribution >= 4 is 0 Å². The summed E-state index contributed by atoms with van der Waals surface area (Å²) in [4.78, 5) is 7.29. The lowest BCUT2D eigenvalue weighted by molar-refractivity contribution is 0.0754. The van der Waals surface area contributed by atoms with Gasteiger partial charge in [0.1, 0.15) is 0 Å². The highest BCUT2D eigenvalue weighted by Gasteiger charge is 2.34. The molecule has 1 unspecified atom stereocenters. The average molecular weight is 284 g/mol. The van der Waals surface area contributed by atoms with Crippen LogP contribution in [0.1, 0.15) is 19.8 Å². The molecular weight excluding hydrogens is 252 g/mol. The third-order valence-electron chi connectivity index (χ3n) is 4.38. The monoisotopic (exact) mass is 284 g/mol. The summed E-state index contributed by atoms with van der Waals surface area (Å²) in [5.74, 6) is 0. The zero-order chi connectivity index (χ0) is 14.6. The molecule has 118 valence electrons. The Morgan fingerprint density at radius 2 is 1.75 bits per heavy atom. The lowest BCUT2D eigenvalue weighted by Gasteiger charge is -2.40. The molecule has 0 aromatic carbocycles. The van der Waals surface area contributed by atoms with Gasteiger partial charge in [-0.3, -0.25) is 9.80 Å². The molecular formula is C15H32N4O. The van der Waals surface area contributed by atoms with Crippen molar-refractivity contribution in [1.82, 2.24) is 20.0 Å². The van der Waals surface area contributed by atoms with Crippen LogP contribution in [0.25, 0.3) is 0 Å². The normalized spacial score (nSPS) is 25.1. The summed E-state index contributed by atoms with van der Waals surface area (Å²) in [5, 5.41) is 13.3. The molecule has 0 radical (unpaired) electrons. The second kappa shape index (κ2) is 7.18. The van der Waals surface area contributed by atoms with E-state index in [-0.39, 0.29) is 12.1 Å². The Labute approximate surface area is 123 Å². The van der Waals surface area contributed by atoms with E-state index in [0.29, 0.717) is 6.04 Å². The third-order valence-corrected chi connectivity index (χ3v) is 4.38. The molecule has 2 fully saturated rings. The van der Waals surface area contributed by atoms with Gasteiger partial charge in [-0.25, -0.2) is 0 Å². The minimum atomic E-state index is -0.132. The maximum atomic E-state index is 9.68. The van der Waals surface area contributed by atoms with Crippen LogP contribution in [0, 0.1) is 0 Å². The fraction of sp³-hybridized carbons (Fsp3) is 1.00. The van der Waals surface area contributed by atoms with Crippen molar-refractivity contribution in [3.63, 3.8) is 0 Å². The number of likely N-dealkylation sites (N-methyl/N-ethyl adjacent to an activating group) is 1. The van der Waals surface area contributed by atoms with Crippen LogP contribution in [-0.2, 0) is 0 Å². The molecule has 1 heterocycles. The van der Waals surface area contributed by atoms with Gasteiger partial charge in [0, 0.05) is 51.9 Å². The quantitative estimate of drug-likeness (QED) is 0.639. The molecule has 0 amide bonds. The lowest BCUT2D eigenvalue weighted by Crippen LogP contribution is -2.58. The molecule has 1 aliphatic carbocycles. The minimum absolute atomic E-state index is 0.132. The second-order valence-electron chi connectivity index (χ2n) is 7.06. The van der Waals surface area contributed by atoms with E-state index in [1.807, 2.05) is 0 Å². The van der Waals surface area contributed by atoms with Crippen molar-refractivity contribution in [3.05, 3.63) is 0 Å². The molecule has 0 aromatic rings. The van der Waals surface area contributed by atoms with E-state index in [0.717, 1.165) is 39.3 Å². The smallest absolute Gasteiger partial charge is 0.0623 e. The van der Waals surface area contributed by atoms with Gasteiger partial charge < -0.3 is 15.3 Å². The number of nitrogens with zero attached hydrogens (tertiary/aromatic N) is 3. The molecule has 5 heteroatoms. The first kappa shape index (κ1) is 16.2. The Hall–Kier alpha value is -0.200. The maximum absolute atomic E-state index is 9.68. The van der Waals surface area contributed by atoms with Crippen LogP contribution in [0.15, 0.2) is 0 Å². The van der Waals surface area contributed by atoms with Gasteiger partial charge in [-0.15, -0.1) is 0 Å². The Bertz CT molecular complexity index is 288. The topological polar surface area (TPSA) is 42.0 Å². The molecule has 1 saturated heterocycles. The van der Waals surface area contributed by atoms with Crippen LogP contribution >= 0.6 is 0 Å². The Morgan fingerprint density at radius 1 is 1.15 bits per heavy atom. The van der Waals surface area contributed by atoms with Crippen molar-refractivity contribution in [1.29, 1.82) is 0 Å². The third kappa shape index (κ3) is 5.30. The van der Waals surface area contributed by atoms with Gasteiger partial charge in [-0.1, -0.05) is 0 Å². The number of hydrogen-bond acceptors (Lipinski definition) is 5. The molecule has 0 aromatic heterocycles. The molecule has 2 N–H and O–H groups in total. The summed E-state index contributed by atoms with van der Waals surface area (Å²) in [6.07, 6.45) is 2.54. The Morgan fingerprint density at radius 3 is 2.25 bits per heavy atom. The van der Waals surface area contributed by atoms with Gasteiger partial charge in [0.15, 0.2) is 0 Å². The molecule has 20 heavy (non-hydrogen) atoms. The van der Waals surface area contributed by atoms with Crippen molar-refractivity contribution in [2.24, 2.45) is 0 Å². The molecule has 0 bridgehead atoms. The van der Waals surface area contributed by atoms with Crippen molar-refractivity contribution < 1.29 is 5.11 Å². The Balaban J connectivity index is 1.69. The number of aliphatic hydroxyl groups excluding tert-OH is 1. The Kier molecular flexibility index (Phi) is 5.81. The zero-order valence-electron chi connectivity index (χ0n) is 13.4. The SMILES string of the molecule is CN(C)CCN1CCN(CC(C)(CO)NC2CC2)CC1. The molecule has 5 nitrogen and oxygen atoms in total. The van der Waals surface area contributed by atoms with E-state index >= 15 is 0 Å². The van der Waals surface area contributed by atoms with E-state index in [1.54, 1.807) is 0 Å². The number of piperazine rings is 1. The van der Waals surface area contributed by atoms with E-state index in [9.17, 15) is 5.11 Å². The van der Waals surface area contributed by atoms with Gasteiger partial charge >= 0.3 is 0 Å². The molecule has 2 rings (SSSR count). The second-order valence-corrected chi connectivity index (χ2v) is 7.06. The van der Waals surface area contributed by atoms with E-state index in [1.165, 1.54) is 19.4 Å². The molecule has 2 aliphatic rings. The largest absolute Gasteiger partial charge is 0.394 e. The van der Waals surface area contributed by atoms with Gasteiger partial charge in [-0.2, -0.15) is 0 Å². The first-order valence-electron chi connectivity index (χ1n) is 7.99. The van der Waals surface area contributed by atoms with Crippen LogP contribution in [0.3, 0.4) is 0 Å². The predicted molar refractivity (Wildman–Crippen MR) is 83.1 cm³/mol. The zero-order valence-corrected chi connectivity index (χ0v) is 13.4. The van der Waals surface area contributed by atoms with Crippen LogP contribution in [-0.4, -0.2) is 97.9 Å². The minimum Gasteiger partial charge on any atom is -0.394 e. The van der Waals surface area contributed by atoms with Gasteiger partial charge in [0.2, 0.25) is 0 Å². The number of aliphatic hydroxyl groups is 1. The van der Waals surface area contributed by atoms with Gasteiger partial charge in [0.05, 0.1) is 12.1 Å². The fourth-order valence-electron chi connectivity index (χ4n) is 2.87. The fourth-order valence-corrected chi connectivity index (χ4v) is 2.87. The molecule has 1 atom stereocenters. The lowest BCUT2D eigenvalue weighted by atomic mass is 10.0. The maximum Gasteiger partial charge on any atom is 0.0623 e. The van der Waals surface area contributed by atoms with Crippen LogP contribution in [0.2, 0.25) is 0 Å². The number of hydrogen-bond donors (Lipinski definition) is 2. The van der Waals surface area contributed by atoms with Gasteiger partial charge in [-0.05, 0) is 33.9 Å². The van der Waals surface area contributed by atoms with Crippen LogP contribution in [0.4, 0.5) is 0 Å². The van der Waals surface area contributed by atoms with Crippen molar-refractivity contribution in [2.45, 2.75) is 31.3 Å². The summed E-state index contributed by atoms with van der Waals surface area (Å²) in [6.45, 7) is 10.2. The van der Waals surface area contributed by atoms with E-state index in [4.69, 9.17) is 0 Å². The van der Waals surface area contributed by atoms with Gasteiger partial charge in [0.25, 0.3) is 0 Å². The summed E-state index contributed by atoms with van der Waals surface area (Å²) in [5.41, 5.74) is -0.132. The number of nitrogens with one attached hydrogen (secondary N) is 1. The molecule has 1 saturated carbocycles. The summed E-state index contributed by atoms with van der Waals surface area (Å²) in [6, 6.07) is 0.647. The van der Waals surface area contributed by atoms with Crippen LogP contribution < -0.4 is 5.32 Å². The molecule has 1 aliphatic heterocycles. The molecule has 0 spiro atoms. The standard InChI is InChI=1S/C15H32N4O/c1-15(13-20,16-14-4-5-14)12-19-10-8-18(9-11-19)7-6-17(2)3/h14,16,20H,4-13H2,1-3H3. The first-order valence-corrected chi connectivity index (χ1v) is 7.99. The first-order chi connectivity index (χ1) is 9.50. The summed E-state index contributed by atoms with van der Waals surface area (Å²) in [7, 11) is 4.26. The predicted octanol–water partition coefficient (Wildman–Crippen LogP) is -0.331. The number of rotatable bonds is 8. The van der Waals surface area contributed by atoms with Crippen LogP contribution in [0.5, 0.6) is 0 Å². The van der Waals surface area contributed by atoms with Crippen molar-refractivity contribution in [2.75, 3.05) is 66.5 Å². The summed E-state index contributed by atoms with van der Waals surface area (Å²) < 4.78 is 0. The highest BCUT2D eigenvalue weighted by molar-refractivity contribution is 4.94. The van der Waals surface area contributed by atoms with E-state index < -0.39 is 0 Å². The summed E-state index contributed by atoms with van der Waals surface area (Å²) >= 11 is 0. The van der Waals surface area contributed by atoms with Crippen molar-refractivity contribution in [3.8, 4) is 0 Å². The highest BCUT2D eigenvalue weighted by Crippen LogP contribution is 2.23.